The SMILES string of the molecule is CC(CC(=O)O)C1CCCN(C(=O)Cc2csc(N)n2)C1. The molecule has 1 amide bonds. The zero-order valence-electron chi connectivity index (χ0n) is 12.1. The van der Waals surface area contributed by atoms with Crippen molar-refractivity contribution in [1.82, 2.24) is 9.88 Å². The van der Waals surface area contributed by atoms with Crippen LogP contribution >= 0.6 is 11.3 Å². The number of hydrogen-bond acceptors (Lipinski definition) is 5. The fourth-order valence-electron chi connectivity index (χ4n) is 2.81. The number of amides is 1. The smallest absolute Gasteiger partial charge is 0.303 e. The standard InChI is InChI=1S/C14H21N3O3S/c1-9(5-13(19)20)10-3-2-4-17(7-10)12(18)6-11-8-21-14(15)16-11/h8-10H,2-7H2,1H3,(H2,15,16)(H,19,20). The summed E-state index contributed by atoms with van der Waals surface area (Å²) in [5.41, 5.74) is 6.28. The van der Waals surface area contributed by atoms with Gasteiger partial charge in [0.1, 0.15) is 0 Å². The van der Waals surface area contributed by atoms with Gasteiger partial charge in [-0.25, -0.2) is 4.98 Å². The lowest BCUT2D eigenvalue weighted by molar-refractivity contribution is -0.138. The van der Waals surface area contributed by atoms with Crippen molar-refractivity contribution < 1.29 is 14.7 Å². The number of anilines is 1. The summed E-state index contributed by atoms with van der Waals surface area (Å²) in [5.74, 6) is -0.372. The topological polar surface area (TPSA) is 96.5 Å². The molecule has 2 rings (SSSR count). The number of carboxylic acids is 1. The number of likely N-dealkylation sites (tertiary alicyclic amines) is 1. The summed E-state index contributed by atoms with van der Waals surface area (Å²) in [6, 6.07) is 0. The van der Waals surface area contributed by atoms with E-state index in [0.717, 1.165) is 19.4 Å². The Kier molecular flexibility index (Phi) is 5.17. The van der Waals surface area contributed by atoms with E-state index in [0.29, 0.717) is 17.4 Å². The third kappa shape index (κ3) is 4.42. The number of hydrogen-bond donors (Lipinski definition) is 2. The molecule has 0 radical (unpaired) electrons. The fourth-order valence-corrected chi connectivity index (χ4v) is 3.38. The summed E-state index contributed by atoms with van der Waals surface area (Å²) in [5, 5.41) is 11.2. The minimum absolute atomic E-state index is 0.0486. The van der Waals surface area contributed by atoms with Crippen LogP contribution in [0.1, 0.15) is 31.9 Å². The van der Waals surface area contributed by atoms with E-state index < -0.39 is 5.97 Å². The lowest BCUT2D eigenvalue weighted by Gasteiger charge is -2.35. The van der Waals surface area contributed by atoms with Crippen LogP contribution in [0.25, 0.3) is 0 Å². The number of carbonyl (C=O) groups excluding carboxylic acids is 1. The van der Waals surface area contributed by atoms with Crippen LogP contribution < -0.4 is 5.73 Å². The van der Waals surface area contributed by atoms with Gasteiger partial charge in [-0.1, -0.05) is 6.92 Å². The average Bonchev–Trinajstić information content (AvgIpc) is 2.83. The van der Waals surface area contributed by atoms with Crippen molar-refractivity contribution in [3.05, 3.63) is 11.1 Å². The predicted octanol–water partition coefficient (Wildman–Crippen LogP) is 1.62. The fraction of sp³-hybridized carbons (Fsp3) is 0.643. The molecule has 116 valence electrons. The Balaban J connectivity index is 1.90. The first kappa shape index (κ1) is 15.8. The molecule has 2 heterocycles. The number of nitrogens with two attached hydrogens (primary N) is 1. The Bertz CT molecular complexity index is 517. The average molecular weight is 311 g/mol. The molecule has 1 aromatic heterocycles. The highest BCUT2D eigenvalue weighted by Crippen LogP contribution is 2.26. The van der Waals surface area contributed by atoms with E-state index in [9.17, 15) is 9.59 Å². The van der Waals surface area contributed by atoms with E-state index in [1.807, 2.05) is 17.2 Å². The molecule has 7 heteroatoms. The third-order valence-electron chi connectivity index (χ3n) is 4.01. The quantitative estimate of drug-likeness (QED) is 0.861. The maximum atomic E-state index is 12.3. The molecule has 0 aromatic carbocycles. The highest BCUT2D eigenvalue weighted by atomic mass is 32.1. The number of rotatable bonds is 5. The minimum atomic E-state index is -0.774. The van der Waals surface area contributed by atoms with Gasteiger partial charge in [-0.2, -0.15) is 0 Å². The van der Waals surface area contributed by atoms with Crippen molar-refractivity contribution in [1.29, 1.82) is 0 Å². The molecular weight excluding hydrogens is 290 g/mol. The van der Waals surface area contributed by atoms with Crippen LogP contribution in [0.5, 0.6) is 0 Å². The van der Waals surface area contributed by atoms with Crippen molar-refractivity contribution >= 4 is 28.3 Å². The normalized spacial score (nSPS) is 20.2. The summed E-state index contributed by atoms with van der Waals surface area (Å²) in [6.07, 6.45) is 2.35. The number of aliphatic carboxylic acids is 1. The van der Waals surface area contributed by atoms with Gasteiger partial charge in [0.2, 0.25) is 5.91 Å². The van der Waals surface area contributed by atoms with Crippen LogP contribution in [0, 0.1) is 11.8 Å². The number of carbonyl (C=O) groups is 2. The van der Waals surface area contributed by atoms with Crippen LogP contribution in [-0.4, -0.2) is 40.0 Å². The molecule has 0 aliphatic carbocycles. The van der Waals surface area contributed by atoms with E-state index >= 15 is 0 Å². The molecule has 1 aliphatic rings. The lowest BCUT2D eigenvalue weighted by atomic mass is 9.84. The van der Waals surface area contributed by atoms with E-state index in [2.05, 4.69) is 4.98 Å². The van der Waals surface area contributed by atoms with Gasteiger partial charge in [-0.05, 0) is 24.7 Å². The molecule has 1 fully saturated rings. The monoisotopic (exact) mass is 311 g/mol. The Morgan fingerprint density at radius 2 is 2.38 bits per heavy atom. The van der Waals surface area contributed by atoms with Crippen LogP contribution in [0.15, 0.2) is 5.38 Å². The zero-order valence-corrected chi connectivity index (χ0v) is 12.9. The van der Waals surface area contributed by atoms with Crippen molar-refractivity contribution in [3.63, 3.8) is 0 Å². The van der Waals surface area contributed by atoms with Crippen molar-refractivity contribution in [2.45, 2.75) is 32.6 Å². The van der Waals surface area contributed by atoms with Gasteiger partial charge in [0.15, 0.2) is 5.13 Å². The highest BCUT2D eigenvalue weighted by Gasteiger charge is 2.28. The number of nitrogens with zero attached hydrogens (tertiary/aromatic N) is 2. The number of thiazole rings is 1. The zero-order chi connectivity index (χ0) is 15.4. The second kappa shape index (κ2) is 6.89. The summed E-state index contributed by atoms with van der Waals surface area (Å²) >= 11 is 1.34. The molecule has 0 spiro atoms. The van der Waals surface area contributed by atoms with E-state index in [-0.39, 0.29) is 30.6 Å². The first-order valence-corrected chi connectivity index (χ1v) is 8.03. The number of carboxylic acid groups (broad SMARTS) is 1. The van der Waals surface area contributed by atoms with Crippen molar-refractivity contribution in [3.8, 4) is 0 Å². The molecule has 3 N–H and O–H groups in total. The second-order valence-corrected chi connectivity index (χ2v) is 6.56. The minimum Gasteiger partial charge on any atom is -0.481 e. The highest BCUT2D eigenvalue weighted by molar-refractivity contribution is 7.13. The van der Waals surface area contributed by atoms with Gasteiger partial charge in [-0.15, -0.1) is 11.3 Å². The van der Waals surface area contributed by atoms with Crippen LogP contribution in [0.4, 0.5) is 5.13 Å². The first-order chi connectivity index (χ1) is 9.95. The molecule has 1 aromatic rings. The van der Waals surface area contributed by atoms with Gasteiger partial charge in [0.05, 0.1) is 12.1 Å². The first-order valence-electron chi connectivity index (χ1n) is 7.15. The van der Waals surface area contributed by atoms with Crippen molar-refractivity contribution in [2.24, 2.45) is 11.8 Å². The molecule has 6 nitrogen and oxygen atoms in total. The summed E-state index contributed by atoms with van der Waals surface area (Å²) in [7, 11) is 0. The largest absolute Gasteiger partial charge is 0.481 e. The van der Waals surface area contributed by atoms with Crippen LogP contribution in [0.2, 0.25) is 0 Å². The van der Waals surface area contributed by atoms with Gasteiger partial charge < -0.3 is 15.7 Å². The van der Waals surface area contributed by atoms with Gasteiger partial charge in [0, 0.05) is 24.9 Å². The summed E-state index contributed by atoms with van der Waals surface area (Å²) in [4.78, 5) is 29.1. The van der Waals surface area contributed by atoms with Crippen molar-refractivity contribution in [2.75, 3.05) is 18.8 Å². The number of piperidine rings is 1. The molecule has 0 saturated carbocycles. The molecule has 0 bridgehead atoms. The molecular formula is C14H21N3O3S. The molecule has 1 aliphatic heterocycles. The molecule has 21 heavy (non-hydrogen) atoms. The number of aromatic nitrogens is 1. The summed E-state index contributed by atoms with van der Waals surface area (Å²) < 4.78 is 0. The van der Waals surface area contributed by atoms with Gasteiger partial charge in [0.25, 0.3) is 0 Å². The number of nitrogen functional groups attached to an aromatic ring is 1. The van der Waals surface area contributed by atoms with E-state index in [1.165, 1.54) is 11.3 Å². The maximum absolute atomic E-state index is 12.3. The van der Waals surface area contributed by atoms with Gasteiger partial charge >= 0.3 is 5.97 Å². The lowest BCUT2D eigenvalue weighted by Crippen LogP contribution is -2.42. The van der Waals surface area contributed by atoms with Crippen LogP contribution in [-0.2, 0) is 16.0 Å². The maximum Gasteiger partial charge on any atom is 0.303 e. The molecule has 2 unspecified atom stereocenters. The molecule has 2 atom stereocenters. The van der Waals surface area contributed by atoms with Crippen LogP contribution in [0.3, 0.4) is 0 Å². The van der Waals surface area contributed by atoms with Gasteiger partial charge in [-0.3, -0.25) is 9.59 Å². The Morgan fingerprint density at radius 1 is 1.62 bits per heavy atom. The summed E-state index contributed by atoms with van der Waals surface area (Å²) in [6.45, 7) is 3.34. The Hall–Kier alpha value is -1.63. The Labute approximate surface area is 128 Å². The Morgan fingerprint density at radius 3 is 3.00 bits per heavy atom. The second-order valence-electron chi connectivity index (χ2n) is 5.67. The molecule has 1 saturated heterocycles. The van der Waals surface area contributed by atoms with E-state index in [4.69, 9.17) is 10.8 Å². The predicted molar refractivity (Wildman–Crippen MR) is 81.0 cm³/mol. The van der Waals surface area contributed by atoms with E-state index in [1.54, 1.807) is 0 Å². The third-order valence-corrected chi connectivity index (χ3v) is 4.74.